The molecule has 0 atom stereocenters. The molecule has 0 aliphatic heterocycles. The second-order valence-electron chi connectivity index (χ2n) is 6.02. The molecule has 4 rings (SSSR count). The molecular formula is C18H15BrN6O2. The Labute approximate surface area is 162 Å². The SMILES string of the molecule is Cc1ccc(NC(=O)Cn2c(-c3nonc3N)nc3ccccc32)cc1Br. The lowest BCUT2D eigenvalue weighted by molar-refractivity contribution is -0.116. The molecule has 2 aromatic carbocycles. The summed E-state index contributed by atoms with van der Waals surface area (Å²) in [5.41, 5.74) is 9.42. The first-order valence-electron chi connectivity index (χ1n) is 8.12. The lowest BCUT2D eigenvalue weighted by atomic mass is 10.2. The average Bonchev–Trinajstić information content (AvgIpc) is 3.22. The van der Waals surface area contributed by atoms with E-state index in [2.05, 4.69) is 36.5 Å². The van der Waals surface area contributed by atoms with Crippen LogP contribution in [0.25, 0.3) is 22.6 Å². The van der Waals surface area contributed by atoms with Crippen molar-refractivity contribution in [2.75, 3.05) is 11.1 Å². The summed E-state index contributed by atoms with van der Waals surface area (Å²) >= 11 is 3.47. The van der Waals surface area contributed by atoms with Gasteiger partial charge in [0.1, 0.15) is 6.54 Å². The number of carbonyl (C=O) groups is 1. The van der Waals surface area contributed by atoms with E-state index in [0.717, 1.165) is 21.1 Å². The molecule has 0 unspecified atom stereocenters. The Balaban J connectivity index is 1.69. The number of nitrogens with zero attached hydrogens (tertiary/aromatic N) is 4. The fourth-order valence-electron chi connectivity index (χ4n) is 2.78. The van der Waals surface area contributed by atoms with Gasteiger partial charge >= 0.3 is 0 Å². The van der Waals surface area contributed by atoms with Gasteiger partial charge in [0.05, 0.1) is 11.0 Å². The summed E-state index contributed by atoms with van der Waals surface area (Å²) in [6.07, 6.45) is 0. The molecule has 0 radical (unpaired) electrons. The van der Waals surface area contributed by atoms with Crippen molar-refractivity contribution in [3.05, 3.63) is 52.5 Å². The molecule has 1 amide bonds. The number of hydrogen-bond donors (Lipinski definition) is 2. The zero-order valence-electron chi connectivity index (χ0n) is 14.3. The number of hydrogen-bond acceptors (Lipinski definition) is 6. The average molecular weight is 427 g/mol. The fourth-order valence-corrected chi connectivity index (χ4v) is 3.16. The molecule has 9 heteroatoms. The van der Waals surface area contributed by atoms with Crippen molar-refractivity contribution in [1.29, 1.82) is 0 Å². The van der Waals surface area contributed by atoms with E-state index in [1.54, 1.807) is 4.57 Å². The van der Waals surface area contributed by atoms with Gasteiger partial charge < -0.3 is 15.6 Å². The summed E-state index contributed by atoms with van der Waals surface area (Å²) < 4.78 is 7.36. The minimum atomic E-state index is -0.204. The number of benzene rings is 2. The summed E-state index contributed by atoms with van der Waals surface area (Å²) in [6.45, 7) is 2.02. The van der Waals surface area contributed by atoms with Gasteiger partial charge in [0.2, 0.25) is 5.91 Å². The second-order valence-corrected chi connectivity index (χ2v) is 6.87. The number of amides is 1. The summed E-state index contributed by atoms with van der Waals surface area (Å²) in [5.74, 6) is 0.342. The number of para-hydroxylation sites is 2. The minimum absolute atomic E-state index is 0.0354. The van der Waals surface area contributed by atoms with Crippen LogP contribution in [0, 0.1) is 6.92 Å². The van der Waals surface area contributed by atoms with Crippen molar-refractivity contribution < 1.29 is 9.42 Å². The van der Waals surface area contributed by atoms with Crippen LogP contribution in [0.2, 0.25) is 0 Å². The third-order valence-electron chi connectivity index (χ3n) is 4.14. The molecule has 0 spiro atoms. The second kappa shape index (κ2) is 6.84. The van der Waals surface area contributed by atoms with Gasteiger partial charge in [0.15, 0.2) is 17.3 Å². The first-order valence-corrected chi connectivity index (χ1v) is 8.92. The normalized spacial score (nSPS) is 11.0. The van der Waals surface area contributed by atoms with E-state index in [1.807, 2.05) is 49.4 Å². The van der Waals surface area contributed by atoms with Gasteiger partial charge in [0, 0.05) is 10.2 Å². The maximum absolute atomic E-state index is 12.7. The third kappa shape index (κ3) is 3.28. The highest BCUT2D eigenvalue weighted by molar-refractivity contribution is 9.10. The van der Waals surface area contributed by atoms with E-state index in [0.29, 0.717) is 17.2 Å². The van der Waals surface area contributed by atoms with Gasteiger partial charge in [-0.3, -0.25) is 4.79 Å². The fraction of sp³-hybridized carbons (Fsp3) is 0.111. The van der Waals surface area contributed by atoms with Crippen LogP contribution in [-0.2, 0) is 11.3 Å². The molecule has 3 N–H and O–H groups in total. The number of imidazole rings is 1. The Kier molecular flexibility index (Phi) is 4.36. The maximum atomic E-state index is 12.7. The van der Waals surface area contributed by atoms with Crippen molar-refractivity contribution >= 4 is 44.4 Å². The van der Waals surface area contributed by atoms with Crippen molar-refractivity contribution in [2.24, 2.45) is 0 Å². The van der Waals surface area contributed by atoms with Crippen LogP contribution in [0.5, 0.6) is 0 Å². The Bertz CT molecular complexity index is 1150. The van der Waals surface area contributed by atoms with Gasteiger partial charge in [-0.25, -0.2) is 9.61 Å². The topological polar surface area (TPSA) is 112 Å². The largest absolute Gasteiger partial charge is 0.379 e. The van der Waals surface area contributed by atoms with Crippen molar-refractivity contribution in [1.82, 2.24) is 19.9 Å². The number of nitrogen functional groups attached to an aromatic ring is 1. The molecule has 0 saturated heterocycles. The van der Waals surface area contributed by atoms with Gasteiger partial charge in [-0.1, -0.05) is 34.1 Å². The first-order chi connectivity index (χ1) is 13.0. The highest BCUT2D eigenvalue weighted by atomic mass is 79.9. The van der Waals surface area contributed by atoms with E-state index in [4.69, 9.17) is 10.4 Å². The Hall–Kier alpha value is -3.20. The van der Waals surface area contributed by atoms with Crippen LogP contribution in [-0.4, -0.2) is 25.8 Å². The molecule has 0 bridgehead atoms. The van der Waals surface area contributed by atoms with Crippen LogP contribution in [0.4, 0.5) is 11.5 Å². The number of nitrogens with two attached hydrogens (primary N) is 1. The van der Waals surface area contributed by atoms with Crippen LogP contribution in [0.15, 0.2) is 51.6 Å². The van der Waals surface area contributed by atoms with Crippen molar-refractivity contribution in [2.45, 2.75) is 13.5 Å². The monoisotopic (exact) mass is 426 g/mol. The molecule has 2 heterocycles. The van der Waals surface area contributed by atoms with Crippen LogP contribution >= 0.6 is 15.9 Å². The molecular weight excluding hydrogens is 412 g/mol. The predicted molar refractivity (Wildman–Crippen MR) is 105 cm³/mol. The smallest absolute Gasteiger partial charge is 0.244 e. The van der Waals surface area contributed by atoms with E-state index in [1.165, 1.54) is 0 Å². The van der Waals surface area contributed by atoms with Crippen LogP contribution in [0.3, 0.4) is 0 Å². The number of fused-ring (bicyclic) bond motifs is 1. The lowest BCUT2D eigenvalue weighted by Gasteiger charge is -2.10. The van der Waals surface area contributed by atoms with E-state index in [-0.39, 0.29) is 18.3 Å². The third-order valence-corrected chi connectivity index (χ3v) is 4.99. The van der Waals surface area contributed by atoms with Crippen molar-refractivity contribution in [3.63, 3.8) is 0 Å². The number of aryl methyl sites for hydroxylation is 1. The molecule has 2 aromatic heterocycles. The van der Waals surface area contributed by atoms with E-state index in [9.17, 15) is 4.79 Å². The molecule has 4 aromatic rings. The first kappa shape index (κ1) is 17.2. The van der Waals surface area contributed by atoms with Crippen LogP contribution < -0.4 is 11.1 Å². The zero-order valence-corrected chi connectivity index (χ0v) is 15.9. The van der Waals surface area contributed by atoms with Gasteiger partial charge in [0.25, 0.3) is 0 Å². The number of halogens is 1. The number of aromatic nitrogens is 4. The summed E-state index contributed by atoms with van der Waals surface area (Å²) in [5, 5.41) is 10.3. The summed E-state index contributed by atoms with van der Waals surface area (Å²) in [6, 6.07) is 13.1. The Morgan fingerprint density at radius 2 is 2.07 bits per heavy atom. The molecule has 0 aliphatic rings. The standard InChI is InChI=1S/C18H15BrN6O2/c1-10-6-7-11(8-12(10)19)21-15(26)9-25-14-5-3-2-4-13(14)22-18(25)16-17(20)24-27-23-16/h2-8H,9H2,1H3,(H2,20,24)(H,21,26). The Morgan fingerprint density at radius 1 is 1.26 bits per heavy atom. The van der Waals surface area contributed by atoms with Gasteiger partial charge in [-0.05, 0) is 47.1 Å². The molecule has 136 valence electrons. The minimum Gasteiger partial charge on any atom is -0.379 e. The molecule has 0 fully saturated rings. The zero-order chi connectivity index (χ0) is 19.0. The van der Waals surface area contributed by atoms with Crippen molar-refractivity contribution in [3.8, 4) is 11.5 Å². The predicted octanol–water partition coefficient (Wildman–Crippen LogP) is 3.38. The lowest BCUT2D eigenvalue weighted by Crippen LogP contribution is -2.19. The number of carbonyl (C=O) groups excluding carboxylic acids is 1. The highest BCUT2D eigenvalue weighted by Gasteiger charge is 2.20. The van der Waals surface area contributed by atoms with Gasteiger partial charge in [-0.15, -0.1) is 0 Å². The van der Waals surface area contributed by atoms with E-state index < -0.39 is 0 Å². The number of rotatable bonds is 4. The van der Waals surface area contributed by atoms with Crippen LogP contribution in [0.1, 0.15) is 5.56 Å². The quantitative estimate of drug-likeness (QED) is 0.517. The number of anilines is 2. The van der Waals surface area contributed by atoms with Gasteiger partial charge in [-0.2, -0.15) is 0 Å². The highest BCUT2D eigenvalue weighted by Crippen LogP contribution is 2.27. The molecule has 27 heavy (non-hydrogen) atoms. The molecule has 0 aliphatic carbocycles. The molecule has 8 nitrogen and oxygen atoms in total. The van der Waals surface area contributed by atoms with E-state index >= 15 is 0 Å². The maximum Gasteiger partial charge on any atom is 0.244 e. The molecule has 0 saturated carbocycles. The summed E-state index contributed by atoms with van der Waals surface area (Å²) in [7, 11) is 0. The number of nitrogens with one attached hydrogen (secondary N) is 1. The Morgan fingerprint density at radius 3 is 2.81 bits per heavy atom. The summed E-state index contributed by atoms with van der Waals surface area (Å²) in [4.78, 5) is 17.2.